The molecule has 0 radical (unpaired) electrons. The van der Waals surface area contributed by atoms with Crippen molar-refractivity contribution in [3.63, 3.8) is 0 Å². The number of hydrogen-bond acceptors (Lipinski definition) is 2. The Bertz CT molecular complexity index is 402. The van der Waals surface area contributed by atoms with Gasteiger partial charge in [-0.2, -0.15) is 0 Å². The lowest BCUT2D eigenvalue weighted by atomic mass is 9.78. The zero-order valence-corrected chi connectivity index (χ0v) is 11.0. The van der Waals surface area contributed by atoms with Crippen LogP contribution < -0.4 is 0 Å². The molecule has 0 N–H and O–H groups in total. The van der Waals surface area contributed by atoms with Crippen LogP contribution in [0.25, 0.3) is 0 Å². The second-order valence-corrected chi connectivity index (χ2v) is 4.57. The summed E-state index contributed by atoms with van der Waals surface area (Å²) in [5.74, 6) is -0.269. The second-order valence-electron chi connectivity index (χ2n) is 4.57. The number of esters is 1. The standard InChI is InChI=1S/C15H20O2/c1-5-17-14(16)11-12(2)15(3,4)13-9-7-6-8-10-13/h6-11H,5H2,1-4H3/b12-11-. The molecule has 0 aliphatic heterocycles. The average molecular weight is 232 g/mol. The van der Waals surface area contributed by atoms with Crippen LogP contribution in [0.15, 0.2) is 42.0 Å². The maximum absolute atomic E-state index is 11.4. The molecule has 0 saturated heterocycles. The van der Waals surface area contributed by atoms with Gasteiger partial charge in [0.25, 0.3) is 0 Å². The van der Waals surface area contributed by atoms with Crippen LogP contribution in [0.3, 0.4) is 0 Å². The largest absolute Gasteiger partial charge is 0.463 e. The highest BCUT2D eigenvalue weighted by molar-refractivity contribution is 5.83. The van der Waals surface area contributed by atoms with Gasteiger partial charge in [0.2, 0.25) is 0 Å². The fourth-order valence-corrected chi connectivity index (χ4v) is 1.62. The summed E-state index contributed by atoms with van der Waals surface area (Å²) in [6, 6.07) is 10.2. The summed E-state index contributed by atoms with van der Waals surface area (Å²) in [6.07, 6.45) is 1.58. The third-order valence-electron chi connectivity index (χ3n) is 3.10. The summed E-state index contributed by atoms with van der Waals surface area (Å²) in [5.41, 5.74) is 2.04. The molecule has 1 rings (SSSR count). The molecule has 92 valence electrons. The van der Waals surface area contributed by atoms with E-state index in [9.17, 15) is 4.79 Å². The zero-order valence-electron chi connectivity index (χ0n) is 11.0. The number of carbonyl (C=O) groups is 1. The summed E-state index contributed by atoms with van der Waals surface area (Å²) >= 11 is 0. The molecule has 0 aromatic heterocycles. The van der Waals surface area contributed by atoms with Crippen molar-refractivity contribution >= 4 is 5.97 Å². The fourth-order valence-electron chi connectivity index (χ4n) is 1.62. The maximum atomic E-state index is 11.4. The highest BCUT2D eigenvalue weighted by atomic mass is 16.5. The smallest absolute Gasteiger partial charge is 0.330 e. The molecule has 1 aromatic carbocycles. The lowest BCUT2D eigenvalue weighted by molar-refractivity contribution is -0.137. The van der Waals surface area contributed by atoms with Gasteiger partial charge in [-0.3, -0.25) is 0 Å². The van der Waals surface area contributed by atoms with Crippen LogP contribution in [-0.4, -0.2) is 12.6 Å². The van der Waals surface area contributed by atoms with Crippen LogP contribution in [0.4, 0.5) is 0 Å². The van der Waals surface area contributed by atoms with Crippen LogP contribution in [0.2, 0.25) is 0 Å². The molecule has 0 heterocycles. The monoisotopic (exact) mass is 232 g/mol. The van der Waals surface area contributed by atoms with E-state index < -0.39 is 0 Å². The number of hydrogen-bond donors (Lipinski definition) is 0. The van der Waals surface area contributed by atoms with Gasteiger partial charge in [-0.25, -0.2) is 4.79 Å². The molecule has 0 aliphatic rings. The fraction of sp³-hybridized carbons (Fsp3) is 0.400. The number of benzene rings is 1. The molecular formula is C15H20O2. The first-order valence-corrected chi connectivity index (χ1v) is 5.89. The molecular weight excluding hydrogens is 212 g/mol. The minimum atomic E-state index is -0.269. The lowest BCUT2D eigenvalue weighted by Crippen LogP contribution is -2.20. The predicted molar refractivity (Wildman–Crippen MR) is 69.9 cm³/mol. The minimum Gasteiger partial charge on any atom is -0.463 e. The summed E-state index contributed by atoms with van der Waals surface area (Å²) in [5, 5.41) is 0. The first-order valence-electron chi connectivity index (χ1n) is 5.89. The van der Waals surface area contributed by atoms with E-state index >= 15 is 0 Å². The Labute approximate surface area is 103 Å². The summed E-state index contributed by atoms with van der Waals surface area (Å²) in [6.45, 7) is 8.39. The third kappa shape index (κ3) is 3.45. The van der Waals surface area contributed by atoms with E-state index in [0.717, 1.165) is 5.57 Å². The van der Waals surface area contributed by atoms with Crippen molar-refractivity contribution in [2.24, 2.45) is 0 Å². The van der Waals surface area contributed by atoms with Gasteiger partial charge in [-0.15, -0.1) is 0 Å². The van der Waals surface area contributed by atoms with Crippen LogP contribution in [0, 0.1) is 0 Å². The Morgan fingerprint density at radius 2 is 1.88 bits per heavy atom. The zero-order chi connectivity index (χ0) is 12.9. The van der Waals surface area contributed by atoms with E-state index in [2.05, 4.69) is 26.0 Å². The van der Waals surface area contributed by atoms with E-state index in [-0.39, 0.29) is 11.4 Å². The first kappa shape index (κ1) is 13.5. The Kier molecular flexibility index (Phi) is 4.50. The molecule has 2 nitrogen and oxygen atoms in total. The van der Waals surface area contributed by atoms with Crippen LogP contribution in [0.1, 0.15) is 33.3 Å². The molecule has 17 heavy (non-hydrogen) atoms. The van der Waals surface area contributed by atoms with Crippen LogP contribution >= 0.6 is 0 Å². The SMILES string of the molecule is CCOC(=O)/C=C(/C)C(C)(C)c1ccccc1. The van der Waals surface area contributed by atoms with Crippen molar-refractivity contribution in [3.8, 4) is 0 Å². The highest BCUT2D eigenvalue weighted by Gasteiger charge is 2.23. The average Bonchev–Trinajstić information content (AvgIpc) is 2.30. The minimum absolute atomic E-state index is 0.159. The van der Waals surface area contributed by atoms with Gasteiger partial charge in [0.15, 0.2) is 0 Å². The van der Waals surface area contributed by atoms with E-state index in [4.69, 9.17) is 4.74 Å². The molecule has 0 fully saturated rings. The number of allylic oxidation sites excluding steroid dienone is 1. The van der Waals surface area contributed by atoms with Crippen molar-refractivity contribution < 1.29 is 9.53 Å². The molecule has 0 aliphatic carbocycles. The summed E-state index contributed by atoms with van der Waals surface area (Å²) in [4.78, 5) is 11.4. The quantitative estimate of drug-likeness (QED) is 0.587. The van der Waals surface area contributed by atoms with E-state index in [1.54, 1.807) is 6.08 Å². The van der Waals surface area contributed by atoms with Crippen molar-refractivity contribution in [1.29, 1.82) is 0 Å². The van der Waals surface area contributed by atoms with E-state index in [1.165, 1.54) is 5.56 Å². The van der Waals surface area contributed by atoms with Crippen LogP contribution in [-0.2, 0) is 14.9 Å². The van der Waals surface area contributed by atoms with Gasteiger partial charge < -0.3 is 4.74 Å². The maximum Gasteiger partial charge on any atom is 0.330 e. The molecule has 1 aromatic rings. The molecule has 0 unspecified atom stereocenters. The Balaban J connectivity index is 2.94. The van der Waals surface area contributed by atoms with E-state index in [1.807, 2.05) is 32.0 Å². The van der Waals surface area contributed by atoms with Crippen molar-refractivity contribution in [1.82, 2.24) is 0 Å². The van der Waals surface area contributed by atoms with Gasteiger partial charge in [0.05, 0.1) is 6.61 Å². The van der Waals surface area contributed by atoms with Crippen molar-refractivity contribution in [2.45, 2.75) is 33.1 Å². The van der Waals surface area contributed by atoms with E-state index in [0.29, 0.717) is 6.61 Å². The second kappa shape index (κ2) is 5.67. The van der Waals surface area contributed by atoms with Gasteiger partial charge in [0.1, 0.15) is 0 Å². The number of ether oxygens (including phenoxy) is 1. The number of carbonyl (C=O) groups excluding carboxylic acids is 1. The molecule has 0 amide bonds. The lowest BCUT2D eigenvalue weighted by Gasteiger charge is -2.26. The Hall–Kier alpha value is -1.57. The van der Waals surface area contributed by atoms with Gasteiger partial charge >= 0.3 is 5.97 Å². The molecule has 0 atom stereocenters. The Morgan fingerprint density at radius 3 is 2.41 bits per heavy atom. The topological polar surface area (TPSA) is 26.3 Å². The van der Waals surface area contributed by atoms with Crippen LogP contribution in [0.5, 0.6) is 0 Å². The summed E-state index contributed by atoms with van der Waals surface area (Å²) in [7, 11) is 0. The highest BCUT2D eigenvalue weighted by Crippen LogP contribution is 2.30. The van der Waals surface area contributed by atoms with Gasteiger partial charge in [0, 0.05) is 11.5 Å². The third-order valence-corrected chi connectivity index (χ3v) is 3.10. The summed E-state index contributed by atoms with van der Waals surface area (Å²) < 4.78 is 4.93. The molecule has 2 heteroatoms. The van der Waals surface area contributed by atoms with Gasteiger partial charge in [-0.05, 0) is 19.4 Å². The number of rotatable bonds is 4. The molecule has 0 spiro atoms. The molecule has 0 saturated carbocycles. The molecule has 0 bridgehead atoms. The van der Waals surface area contributed by atoms with Gasteiger partial charge in [-0.1, -0.05) is 49.8 Å². The van der Waals surface area contributed by atoms with Crippen molar-refractivity contribution in [2.75, 3.05) is 6.61 Å². The predicted octanol–water partition coefficient (Wildman–Crippen LogP) is 3.47. The normalized spacial score (nSPS) is 12.4. The Morgan fingerprint density at radius 1 is 1.29 bits per heavy atom. The van der Waals surface area contributed by atoms with Crippen molar-refractivity contribution in [3.05, 3.63) is 47.5 Å². The first-order chi connectivity index (χ1) is 7.98.